The van der Waals surface area contributed by atoms with Crippen LogP contribution in [0, 0.1) is 0 Å². The zero-order valence-electron chi connectivity index (χ0n) is 11.9. The van der Waals surface area contributed by atoms with Crippen molar-refractivity contribution in [1.82, 2.24) is 5.32 Å². The lowest BCUT2D eigenvalue weighted by atomic mass is 9.99. The monoisotopic (exact) mass is 385 g/mol. The minimum atomic E-state index is 0.340. The first-order valence-corrected chi connectivity index (χ1v) is 8.55. The first kappa shape index (κ1) is 16.8. The van der Waals surface area contributed by atoms with Gasteiger partial charge in [-0.3, -0.25) is 0 Å². The summed E-state index contributed by atoms with van der Waals surface area (Å²) in [6, 6.07) is 14.4. The van der Waals surface area contributed by atoms with Gasteiger partial charge in [-0.1, -0.05) is 64.3 Å². The molecule has 2 aromatic carbocycles. The predicted octanol–water partition coefficient (Wildman–Crippen LogP) is 5.52. The molecule has 0 aliphatic carbocycles. The molecule has 1 atom stereocenters. The van der Waals surface area contributed by atoms with E-state index in [4.69, 9.17) is 23.2 Å². The van der Waals surface area contributed by atoms with Crippen LogP contribution in [0.2, 0.25) is 10.0 Å². The van der Waals surface area contributed by atoms with E-state index in [1.54, 1.807) is 0 Å². The summed E-state index contributed by atoms with van der Waals surface area (Å²) in [7, 11) is 0. The molecule has 0 aliphatic rings. The average molecular weight is 387 g/mol. The molecule has 0 spiro atoms. The van der Waals surface area contributed by atoms with Gasteiger partial charge >= 0.3 is 0 Å². The Balaban J connectivity index is 2.11. The van der Waals surface area contributed by atoms with E-state index in [-0.39, 0.29) is 0 Å². The van der Waals surface area contributed by atoms with Gasteiger partial charge in [0.15, 0.2) is 0 Å². The second kappa shape index (κ2) is 8.19. The van der Waals surface area contributed by atoms with Crippen molar-refractivity contribution in [2.45, 2.75) is 25.8 Å². The van der Waals surface area contributed by atoms with Crippen LogP contribution in [0.4, 0.5) is 0 Å². The third-order valence-electron chi connectivity index (χ3n) is 3.35. The molecule has 1 N–H and O–H groups in total. The molecular formula is C17H18BrCl2N. The average Bonchev–Trinajstić information content (AvgIpc) is 2.42. The summed E-state index contributed by atoms with van der Waals surface area (Å²) in [6.45, 7) is 3.05. The molecule has 0 aliphatic heterocycles. The molecule has 2 aromatic rings. The lowest BCUT2D eigenvalue weighted by Crippen LogP contribution is -2.33. The Labute approximate surface area is 144 Å². The summed E-state index contributed by atoms with van der Waals surface area (Å²) in [5.41, 5.74) is 2.40. The zero-order valence-corrected chi connectivity index (χ0v) is 15.0. The van der Waals surface area contributed by atoms with Crippen LogP contribution < -0.4 is 5.32 Å². The molecule has 0 amide bonds. The number of hydrogen-bond acceptors (Lipinski definition) is 1. The maximum Gasteiger partial charge on any atom is 0.0449 e. The molecule has 21 heavy (non-hydrogen) atoms. The summed E-state index contributed by atoms with van der Waals surface area (Å²) in [5.74, 6) is 0. The molecule has 0 fully saturated rings. The van der Waals surface area contributed by atoms with Crippen molar-refractivity contribution in [2.75, 3.05) is 6.54 Å². The van der Waals surface area contributed by atoms with E-state index in [0.29, 0.717) is 6.04 Å². The minimum Gasteiger partial charge on any atom is -0.314 e. The van der Waals surface area contributed by atoms with Crippen molar-refractivity contribution >= 4 is 39.1 Å². The summed E-state index contributed by atoms with van der Waals surface area (Å²) < 4.78 is 1.01. The molecule has 1 unspecified atom stereocenters. The highest BCUT2D eigenvalue weighted by atomic mass is 79.9. The fraction of sp³-hybridized carbons (Fsp3) is 0.294. The van der Waals surface area contributed by atoms with Crippen LogP contribution >= 0.6 is 39.1 Å². The molecular weight excluding hydrogens is 369 g/mol. The van der Waals surface area contributed by atoms with Gasteiger partial charge in [0.1, 0.15) is 0 Å². The second-order valence-corrected chi connectivity index (χ2v) is 6.79. The topological polar surface area (TPSA) is 12.0 Å². The summed E-state index contributed by atoms with van der Waals surface area (Å²) in [6.07, 6.45) is 1.83. The van der Waals surface area contributed by atoms with Crippen LogP contribution in [0.3, 0.4) is 0 Å². The van der Waals surface area contributed by atoms with E-state index in [2.05, 4.69) is 40.3 Å². The van der Waals surface area contributed by atoms with Gasteiger partial charge in [-0.05, 0) is 54.8 Å². The van der Waals surface area contributed by atoms with Crippen LogP contribution in [0.25, 0.3) is 0 Å². The van der Waals surface area contributed by atoms with Crippen LogP contribution in [0.15, 0.2) is 46.9 Å². The molecule has 0 heterocycles. The Morgan fingerprint density at radius 3 is 2.57 bits per heavy atom. The van der Waals surface area contributed by atoms with E-state index >= 15 is 0 Å². The number of benzene rings is 2. The van der Waals surface area contributed by atoms with Crippen molar-refractivity contribution in [1.29, 1.82) is 0 Å². The van der Waals surface area contributed by atoms with Crippen LogP contribution in [-0.4, -0.2) is 12.6 Å². The maximum atomic E-state index is 6.32. The lowest BCUT2D eigenvalue weighted by molar-refractivity contribution is 0.521. The molecule has 0 aromatic heterocycles. The molecule has 0 saturated carbocycles. The Kier molecular flexibility index (Phi) is 6.56. The molecule has 2 rings (SSSR count). The largest absolute Gasteiger partial charge is 0.314 e. The van der Waals surface area contributed by atoms with Crippen molar-refractivity contribution in [3.63, 3.8) is 0 Å². The molecule has 0 saturated heterocycles. The van der Waals surface area contributed by atoms with Crippen LogP contribution in [-0.2, 0) is 12.8 Å². The Morgan fingerprint density at radius 1 is 1.10 bits per heavy atom. The number of halogens is 3. The molecule has 1 nitrogen and oxygen atoms in total. The predicted molar refractivity (Wildman–Crippen MR) is 95.5 cm³/mol. The smallest absolute Gasteiger partial charge is 0.0449 e. The number of likely N-dealkylation sites (N-methyl/N-ethyl adjacent to an activating group) is 1. The molecule has 0 radical (unpaired) electrons. The summed E-state index contributed by atoms with van der Waals surface area (Å²) in [5, 5.41) is 5.11. The van der Waals surface area contributed by atoms with E-state index in [1.165, 1.54) is 5.56 Å². The van der Waals surface area contributed by atoms with Crippen molar-refractivity contribution in [3.05, 3.63) is 68.1 Å². The normalized spacial score (nSPS) is 12.4. The van der Waals surface area contributed by atoms with Crippen molar-refractivity contribution in [2.24, 2.45) is 0 Å². The summed E-state index contributed by atoms with van der Waals surface area (Å²) >= 11 is 15.8. The number of rotatable bonds is 6. The van der Waals surface area contributed by atoms with E-state index in [0.717, 1.165) is 39.5 Å². The van der Waals surface area contributed by atoms with Gasteiger partial charge in [0, 0.05) is 20.6 Å². The molecule has 112 valence electrons. The van der Waals surface area contributed by atoms with Gasteiger partial charge in [0.2, 0.25) is 0 Å². The quantitative estimate of drug-likeness (QED) is 0.689. The highest BCUT2D eigenvalue weighted by molar-refractivity contribution is 9.10. The zero-order chi connectivity index (χ0) is 15.2. The Bertz CT molecular complexity index is 601. The highest BCUT2D eigenvalue weighted by Gasteiger charge is 2.12. The number of nitrogens with one attached hydrogen (secondary N) is 1. The second-order valence-electron chi connectivity index (χ2n) is 5.03. The Hall–Kier alpha value is -0.540. The third kappa shape index (κ3) is 5.30. The van der Waals surface area contributed by atoms with Gasteiger partial charge in [-0.2, -0.15) is 0 Å². The van der Waals surface area contributed by atoms with Crippen molar-refractivity contribution < 1.29 is 0 Å². The molecule has 4 heteroatoms. The van der Waals surface area contributed by atoms with Gasteiger partial charge in [-0.15, -0.1) is 0 Å². The van der Waals surface area contributed by atoms with E-state index in [1.807, 2.05) is 30.3 Å². The van der Waals surface area contributed by atoms with Gasteiger partial charge < -0.3 is 5.32 Å². The number of hydrogen-bond donors (Lipinski definition) is 1. The van der Waals surface area contributed by atoms with Crippen LogP contribution in [0.5, 0.6) is 0 Å². The first-order valence-electron chi connectivity index (χ1n) is 7.00. The lowest BCUT2D eigenvalue weighted by Gasteiger charge is -2.19. The minimum absolute atomic E-state index is 0.340. The third-order valence-corrected chi connectivity index (χ3v) is 4.43. The van der Waals surface area contributed by atoms with Crippen LogP contribution in [0.1, 0.15) is 18.1 Å². The van der Waals surface area contributed by atoms with E-state index in [9.17, 15) is 0 Å². The molecule has 0 bridgehead atoms. The fourth-order valence-electron chi connectivity index (χ4n) is 2.41. The van der Waals surface area contributed by atoms with Gasteiger partial charge in [0.05, 0.1) is 0 Å². The fourth-order valence-corrected chi connectivity index (χ4v) is 3.37. The Morgan fingerprint density at radius 2 is 1.90 bits per heavy atom. The maximum absolute atomic E-state index is 6.32. The SMILES string of the molecule is CCNC(Cc1cccc(Cl)c1)Cc1ccc(Br)cc1Cl. The van der Waals surface area contributed by atoms with Gasteiger partial charge in [0.25, 0.3) is 0 Å². The standard InChI is InChI=1S/C17H18BrCl2N/c1-2-21-16(9-12-4-3-5-15(19)8-12)10-13-6-7-14(18)11-17(13)20/h3-8,11,16,21H,2,9-10H2,1H3. The van der Waals surface area contributed by atoms with Gasteiger partial charge in [-0.25, -0.2) is 0 Å². The summed E-state index contributed by atoms with van der Waals surface area (Å²) in [4.78, 5) is 0. The van der Waals surface area contributed by atoms with E-state index < -0.39 is 0 Å². The first-order chi connectivity index (χ1) is 10.1. The highest BCUT2D eigenvalue weighted by Crippen LogP contribution is 2.23. The van der Waals surface area contributed by atoms with Crippen molar-refractivity contribution in [3.8, 4) is 0 Å².